The second-order valence-electron chi connectivity index (χ2n) is 5.03. The van der Waals surface area contributed by atoms with E-state index in [-0.39, 0.29) is 10.8 Å². The zero-order chi connectivity index (χ0) is 17.8. The third kappa shape index (κ3) is 4.14. The molecule has 3 aromatic rings. The molecule has 3 N–H and O–H groups in total. The van der Waals surface area contributed by atoms with Crippen LogP contribution in [0.1, 0.15) is 10.4 Å². The van der Waals surface area contributed by atoms with E-state index in [1.54, 1.807) is 29.5 Å². The third-order valence-corrected chi connectivity index (χ3v) is 4.26. The van der Waals surface area contributed by atoms with Gasteiger partial charge in [-0.05, 0) is 52.2 Å². The Morgan fingerprint density at radius 1 is 1.04 bits per heavy atom. The van der Waals surface area contributed by atoms with E-state index in [2.05, 4.69) is 15.6 Å². The van der Waals surface area contributed by atoms with Gasteiger partial charge in [-0.3, -0.25) is 10.1 Å². The Labute approximate surface area is 152 Å². The molecule has 0 saturated carbocycles. The molecule has 1 aromatic carbocycles. The van der Waals surface area contributed by atoms with Gasteiger partial charge in [0.05, 0.1) is 16.9 Å². The fourth-order valence-electron chi connectivity index (χ4n) is 2.18. The van der Waals surface area contributed by atoms with Crippen LogP contribution in [0.25, 0.3) is 11.1 Å². The number of nitrogens with one attached hydrogen (secondary N) is 2. The largest absolute Gasteiger partial charge is 0.465 e. The summed E-state index contributed by atoms with van der Waals surface area (Å²) in [6, 6.07) is 10.1. The number of carboxylic acid groups (broad SMARTS) is 1. The molecule has 25 heavy (non-hydrogen) atoms. The number of carbonyl (C=O) groups is 2. The number of nitrogens with zero attached hydrogens (tertiary/aromatic N) is 1. The van der Waals surface area contributed by atoms with E-state index in [1.165, 1.54) is 18.3 Å². The highest BCUT2D eigenvalue weighted by molar-refractivity contribution is 7.08. The molecule has 2 amide bonds. The molecule has 6 nitrogen and oxygen atoms in total. The Bertz CT molecular complexity index is 911. The molecule has 0 aliphatic rings. The number of halogens is 1. The third-order valence-electron chi connectivity index (χ3n) is 3.35. The Kier molecular flexibility index (Phi) is 4.97. The minimum atomic E-state index is -1.22. The summed E-state index contributed by atoms with van der Waals surface area (Å²) >= 11 is 7.27. The van der Waals surface area contributed by atoms with Gasteiger partial charge in [0, 0.05) is 6.20 Å². The van der Waals surface area contributed by atoms with Gasteiger partial charge in [0.2, 0.25) is 0 Å². The minimum Gasteiger partial charge on any atom is -0.465 e. The highest BCUT2D eigenvalue weighted by Gasteiger charge is 2.13. The average Bonchev–Trinajstić information content (AvgIpc) is 3.11. The SMILES string of the molecule is O=C(O)Nc1ccc(-c2ccsc2)cc1NC(=O)c1ccc(Cl)nc1. The lowest BCUT2D eigenvalue weighted by atomic mass is 10.1. The molecular weight excluding hydrogens is 362 g/mol. The van der Waals surface area contributed by atoms with Crippen molar-refractivity contribution >= 4 is 46.3 Å². The van der Waals surface area contributed by atoms with Crippen LogP contribution in [0, 0.1) is 0 Å². The summed E-state index contributed by atoms with van der Waals surface area (Å²) in [4.78, 5) is 27.2. The fourth-order valence-corrected chi connectivity index (χ4v) is 2.96. The number of pyridine rings is 1. The Morgan fingerprint density at radius 2 is 1.88 bits per heavy atom. The van der Waals surface area contributed by atoms with Crippen LogP contribution < -0.4 is 10.6 Å². The number of amides is 2. The molecule has 0 atom stereocenters. The smallest absolute Gasteiger partial charge is 0.409 e. The zero-order valence-electron chi connectivity index (χ0n) is 12.7. The number of hydrogen-bond donors (Lipinski definition) is 3. The maximum atomic E-state index is 12.4. The number of aromatic nitrogens is 1. The van der Waals surface area contributed by atoms with Gasteiger partial charge in [0.25, 0.3) is 5.91 Å². The van der Waals surface area contributed by atoms with Crippen LogP contribution in [0.2, 0.25) is 5.15 Å². The van der Waals surface area contributed by atoms with E-state index in [1.807, 2.05) is 16.8 Å². The van der Waals surface area contributed by atoms with E-state index >= 15 is 0 Å². The van der Waals surface area contributed by atoms with E-state index in [9.17, 15) is 9.59 Å². The summed E-state index contributed by atoms with van der Waals surface area (Å²) in [5.41, 5.74) is 2.79. The highest BCUT2D eigenvalue weighted by atomic mass is 35.5. The first kappa shape index (κ1) is 16.9. The number of rotatable bonds is 4. The lowest BCUT2D eigenvalue weighted by Gasteiger charge is -2.12. The van der Waals surface area contributed by atoms with E-state index in [0.717, 1.165) is 11.1 Å². The highest BCUT2D eigenvalue weighted by Crippen LogP contribution is 2.30. The fraction of sp³-hybridized carbons (Fsp3) is 0. The van der Waals surface area contributed by atoms with Gasteiger partial charge in [-0.15, -0.1) is 0 Å². The normalized spacial score (nSPS) is 10.3. The Hall–Kier alpha value is -2.90. The van der Waals surface area contributed by atoms with E-state index in [4.69, 9.17) is 16.7 Å². The van der Waals surface area contributed by atoms with Crippen molar-refractivity contribution in [1.82, 2.24) is 4.98 Å². The van der Waals surface area contributed by atoms with Crippen molar-refractivity contribution in [2.45, 2.75) is 0 Å². The van der Waals surface area contributed by atoms with Crippen LogP contribution in [-0.4, -0.2) is 22.1 Å². The molecule has 0 spiro atoms. The van der Waals surface area contributed by atoms with Crippen molar-refractivity contribution in [1.29, 1.82) is 0 Å². The van der Waals surface area contributed by atoms with E-state index in [0.29, 0.717) is 11.3 Å². The van der Waals surface area contributed by atoms with Gasteiger partial charge >= 0.3 is 6.09 Å². The summed E-state index contributed by atoms with van der Waals surface area (Å²) in [5.74, 6) is -0.417. The molecule has 126 valence electrons. The first-order valence-electron chi connectivity index (χ1n) is 7.12. The predicted molar refractivity (Wildman–Crippen MR) is 98.6 cm³/mol. The quantitative estimate of drug-likeness (QED) is 0.572. The molecule has 0 aliphatic heterocycles. The molecule has 0 aliphatic carbocycles. The van der Waals surface area contributed by atoms with Crippen LogP contribution in [0.15, 0.2) is 53.4 Å². The van der Waals surface area contributed by atoms with Gasteiger partial charge in [-0.25, -0.2) is 9.78 Å². The molecule has 0 saturated heterocycles. The van der Waals surface area contributed by atoms with Crippen molar-refractivity contribution in [2.75, 3.05) is 10.6 Å². The van der Waals surface area contributed by atoms with Crippen LogP contribution in [-0.2, 0) is 0 Å². The van der Waals surface area contributed by atoms with Gasteiger partial charge in [-0.2, -0.15) is 11.3 Å². The number of benzene rings is 1. The molecule has 2 aromatic heterocycles. The van der Waals surface area contributed by atoms with Crippen molar-refractivity contribution in [2.24, 2.45) is 0 Å². The maximum absolute atomic E-state index is 12.4. The summed E-state index contributed by atoms with van der Waals surface area (Å²) in [6.07, 6.45) is 0.136. The summed E-state index contributed by atoms with van der Waals surface area (Å²) in [6.45, 7) is 0. The lowest BCUT2D eigenvalue weighted by molar-refractivity contribution is 0.102. The van der Waals surface area contributed by atoms with E-state index < -0.39 is 12.0 Å². The minimum absolute atomic E-state index is 0.279. The second-order valence-corrected chi connectivity index (χ2v) is 6.19. The molecule has 0 unspecified atom stereocenters. The number of hydrogen-bond acceptors (Lipinski definition) is 4. The van der Waals surface area contributed by atoms with Crippen molar-refractivity contribution < 1.29 is 14.7 Å². The first-order valence-corrected chi connectivity index (χ1v) is 8.44. The summed E-state index contributed by atoms with van der Waals surface area (Å²) < 4.78 is 0. The second kappa shape index (κ2) is 7.33. The predicted octanol–water partition coefficient (Wildman–Crippen LogP) is 4.81. The standard InChI is InChI=1S/C17H12ClN3O3S/c18-15-4-2-11(8-19-15)16(22)20-14-7-10(12-5-6-25-9-12)1-3-13(14)21-17(23)24/h1-9,21H,(H,20,22)(H,23,24). The lowest BCUT2D eigenvalue weighted by Crippen LogP contribution is -2.15. The van der Waals surface area contributed by atoms with Crippen molar-refractivity contribution in [3.63, 3.8) is 0 Å². The maximum Gasteiger partial charge on any atom is 0.409 e. The first-order chi connectivity index (χ1) is 12.0. The molecule has 0 fully saturated rings. The van der Waals surface area contributed by atoms with Gasteiger partial charge in [0.15, 0.2) is 0 Å². The number of carbonyl (C=O) groups excluding carboxylic acids is 1. The average molecular weight is 374 g/mol. The number of thiophene rings is 1. The number of anilines is 2. The van der Waals surface area contributed by atoms with Crippen LogP contribution in [0.4, 0.5) is 16.2 Å². The van der Waals surface area contributed by atoms with Gasteiger partial charge < -0.3 is 10.4 Å². The van der Waals surface area contributed by atoms with Crippen LogP contribution in [0.3, 0.4) is 0 Å². The molecule has 8 heteroatoms. The van der Waals surface area contributed by atoms with Crippen LogP contribution >= 0.6 is 22.9 Å². The molecule has 3 rings (SSSR count). The molecular formula is C17H12ClN3O3S. The molecule has 0 radical (unpaired) electrons. The molecule has 0 bridgehead atoms. The molecule has 2 heterocycles. The monoisotopic (exact) mass is 373 g/mol. The zero-order valence-corrected chi connectivity index (χ0v) is 14.3. The van der Waals surface area contributed by atoms with Gasteiger partial charge in [-0.1, -0.05) is 17.7 Å². The Balaban J connectivity index is 1.93. The Morgan fingerprint density at radius 3 is 2.52 bits per heavy atom. The van der Waals surface area contributed by atoms with Crippen LogP contribution in [0.5, 0.6) is 0 Å². The van der Waals surface area contributed by atoms with Crippen molar-refractivity contribution in [3.05, 3.63) is 64.1 Å². The summed E-state index contributed by atoms with van der Waals surface area (Å²) in [5, 5.41) is 18.2. The van der Waals surface area contributed by atoms with Crippen molar-refractivity contribution in [3.8, 4) is 11.1 Å². The summed E-state index contributed by atoms with van der Waals surface area (Å²) in [7, 11) is 0. The van der Waals surface area contributed by atoms with Gasteiger partial charge in [0.1, 0.15) is 5.15 Å². The topological polar surface area (TPSA) is 91.3 Å².